The molecule has 0 amide bonds. The molecule has 0 unspecified atom stereocenters. The molecule has 32 heavy (non-hydrogen) atoms. The topological polar surface area (TPSA) is 60.4 Å². The third kappa shape index (κ3) is 4.55. The van der Waals surface area contributed by atoms with Gasteiger partial charge >= 0.3 is 0 Å². The zero-order valence-electron chi connectivity index (χ0n) is 19.1. The van der Waals surface area contributed by atoms with Crippen LogP contribution in [0, 0.1) is 11.8 Å². The third-order valence-electron chi connectivity index (χ3n) is 7.14. The molecule has 0 aliphatic heterocycles. The van der Waals surface area contributed by atoms with Crippen molar-refractivity contribution < 1.29 is 19.1 Å². The van der Waals surface area contributed by atoms with Gasteiger partial charge in [-0.25, -0.2) is 0 Å². The average Bonchev–Trinajstić information content (AvgIpc) is 3.25. The normalized spacial score (nSPS) is 22.1. The number of hydrogen-bond donors (Lipinski definition) is 0. The number of methoxy groups -OCH3 is 1. The number of ether oxygens (including phenoxy) is 1. The highest BCUT2D eigenvalue weighted by Crippen LogP contribution is 2.39. The fourth-order valence-corrected chi connectivity index (χ4v) is 5.25. The first-order valence-corrected chi connectivity index (χ1v) is 11.9. The highest BCUT2D eigenvalue weighted by Gasteiger charge is 2.31. The maximum atomic E-state index is 13.5. The van der Waals surface area contributed by atoms with Crippen LogP contribution in [0.25, 0.3) is 5.57 Å². The monoisotopic (exact) mass is 432 g/mol. The number of carbonyl (C=O) groups is 3. The van der Waals surface area contributed by atoms with Crippen molar-refractivity contribution in [2.45, 2.75) is 64.7 Å². The molecule has 1 fully saturated rings. The quantitative estimate of drug-likeness (QED) is 0.382. The van der Waals surface area contributed by atoms with Gasteiger partial charge in [-0.2, -0.15) is 0 Å². The summed E-state index contributed by atoms with van der Waals surface area (Å²) in [6, 6.07) is 3.66. The fraction of sp³-hybridized carbons (Fsp3) is 0.464. The number of allylic oxidation sites excluding steroid dienone is 6. The van der Waals surface area contributed by atoms with Crippen molar-refractivity contribution in [1.82, 2.24) is 0 Å². The zero-order valence-corrected chi connectivity index (χ0v) is 19.1. The molecule has 0 N–H and O–H groups in total. The standard InChI is InChI=1S/C28H32O4/c1-3-25(29)28(31)22-14-13-21-16-26(32-2)24(17-23(21)22)27(30)20-11-9-19(10-12-20)15-18-7-5-4-6-8-18/h5,7-8,14,16-17,19-20H,3-4,6,9-13,15H2,1-2H3. The molecule has 1 aromatic carbocycles. The lowest BCUT2D eigenvalue weighted by Crippen LogP contribution is -2.23. The third-order valence-corrected chi connectivity index (χ3v) is 7.14. The second-order valence-corrected chi connectivity index (χ2v) is 9.18. The van der Waals surface area contributed by atoms with Gasteiger partial charge in [0.1, 0.15) is 5.75 Å². The molecule has 3 aliphatic rings. The molecule has 0 bridgehead atoms. The predicted molar refractivity (Wildman–Crippen MR) is 126 cm³/mol. The van der Waals surface area contributed by atoms with Gasteiger partial charge in [0.15, 0.2) is 5.78 Å². The summed E-state index contributed by atoms with van der Waals surface area (Å²) in [6.45, 7) is 1.69. The van der Waals surface area contributed by atoms with Gasteiger partial charge in [-0.1, -0.05) is 36.8 Å². The summed E-state index contributed by atoms with van der Waals surface area (Å²) in [5.74, 6) is 0.436. The lowest BCUT2D eigenvalue weighted by atomic mass is 9.76. The van der Waals surface area contributed by atoms with Crippen LogP contribution in [0.2, 0.25) is 0 Å². The van der Waals surface area contributed by atoms with E-state index in [4.69, 9.17) is 4.74 Å². The van der Waals surface area contributed by atoms with Crippen LogP contribution in [0.5, 0.6) is 5.75 Å². The highest BCUT2D eigenvalue weighted by atomic mass is 16.5. The molecule has 4 heteroatoms. The Hall–Kier alpha value is -2.75. The van der Waals surface area contributed by atoms with Crippen LogP contribution >= 0.6 is 0 Å². The fourth-order valence-electron chi connectivity index (χ4n) is 5.25. The van der Waals surface area contributed by atoms with Gasteiger partial charge in [-0.15, -0.1) is 0 Å². The van der Waals surface area contributed by atoms with Crippen molar-refractivity contribution in [3.05, 3.63) is 58.7 Å². The number of fused-ring (bicyclic) bond motifs is 1. The average molecular weight is 433 g/mol. The van der Waals surface area contributed by atoms with Crippen LogP contribution in [-0.4, -0.2) is 24.5 Å². The summed E-state index contributed by atoms with van der Waals surface area (Å²) in [5.41, 5.74) is 4.06. The molecule has 1 aromatic rings. The van der Waals surface area contributed by atoms with Crippen LogP contribution in [0.3, 0.4) is 0 Å². The van der Waals surface area contributed by atoms with Crippen molar-refractivity contribution in [3.8, 4) is 5.75 Å². The zero-order chi connectivity index (χ0) is 22.7. The van der Waals surface area contributed by atoms with E-state index in [2.05, 4.69) is 18.2 Å². The molecule has 0 radical (unpaired) electrons. The van der Waals surface area contributed by atoms with Gasteiger partial charge < -0.3 is 4.74 Å². The highest BCUT2D eigenvalue weighted by molar-refractivity contribution is 6.54. The molecular formula is C28H32O4. The van der Waals surface area contributed by atoms with E-state index in [1.165, 1.54) is 5.57 Å². The first-order chi connectivity index (χ1) is 15.5. The van der Waals surface area contributed by atoms with Gasteiger partial charge in [0, 0.05) is 17.9 Å². The Balaban J connectivity index is 1.49. The van der Waals surface area contributed by atoms with Crippen LogP contribution in [-0.2, 0) is 16.0 Å². The smallest absolute Gasteiger partial charge is 0.228 e. The van der Waals surface area contributed by atoms with Crippen molar-refractivity contribution in [1.29, 1.82) is 0 Å². The lowest BCUT2D eigenvalue weighted by Gasteiger charge is -2.28. The molecule has 168 valence electrons. The molecule has 0 saturated heterocycles. The first-order valence-electron chi connectivity index (χ1n) is 11.9. The Labute approximate surface area is 190 Å². The number of Topliss-reactive ketones (excluding diaryl/α,β-unsaturated/α-hetero) is 3. The minimum absolute atomic E-state index is 0.0177. The van der Waals surface area contributed by atoms with Crippen molar-refractivity contribution >= 4 is 22.9 Å². The van der Waals surface area contributed by atoms with Crippen molar-refractivity contribution in [2.75, 3.05) is 7.11 Å². The van der Waals surface area contributed by atoms with Crippen LogP contribution in [0.15, 0.2) is 42.0 Å². The number of hydrogen-bond acceptors (Lipinski definition) is 4. The molecule has 1 saturated carbocycles. The van der Waals surface area contributed by atoms with E-state index in [9.17, 15) is 14.4 Å². The SMILES string of the molecule is CCC(=O)C(=O)C1=CCc2cc(OC)c(C(=O)C3CCC(CC4=CCCC=C4)CC3)cc21. The van der Waals surface area contributed by atoms with E-state index in [1.54, 1.807) is 26.2 Å². The second kappa shape index (κ2) is 9.81. The molecule has 3 aliphatic carbocycles. The van der Waals surface area contributed by atoms with Gasteiger partial charge in [-0.05, 0) is 80.5 Å². The molecule has 0 aromatic heterocycles. The molecule has 0 atom stereocenters. The number of carbonyl (C=O) groups excluding carboxylic acids is 3. The maximum absolute atomic E-state index is 13.5. The van der Waals surface area contributed by atoms with Crippen molar-refractivity contribution in [2.24, 2.45) is 11.8 Å². The summed E-state index contributed by atoms with van der Waals surface area (Å²) in [5, 5.41) is 0. The first kappa shape index (κ1) is 22.4. The minimum atomic E-state index is -0.457. The molecule has 0 heterocycles. The Bertz CT molecular complexity index is 1020. The molecule has 4 nitrogen and oxygen atoms in total. The Kier molecular flexibility index (Phi) is 6.88. The van der Waals surface area contributed by atoms with E-state index < -0.39 is 11.6 Å². The van der Waals surface area contributed by atoms with E-state index in [-0.39, 0.29) is 18.1 Å². The summed E-state index contributed by atoms with van der Waals surface area (Å²) in [4.78, 5) is 38.0. The van der Waals surface area contributed by atoms with Crippen LogP contribution in [0.4, 0.5) is 0 Å². The maximum Gasteiger partial charge on any atom is 0.228 e. The number of rotatable bonds is 8. The number of benzene rings is 1. The van der Waals surface area contributed by atoms with Crippen molar-refractivity contribution in [3.63, 3.8) is 0 Å². The van der Waals surface area contributed by atoms with Crippen LogP contribution < -0.4 is 4.74 Å². The summed E-state index contributed by atoms with van der Waals surface area (Å²) >= 11 is 0. The largest absolute Gasteiger partial charge is 0.496 e. The van der Waals surface area contributed by atoms with Gasteiger partial charge in [0.25, 0.3) is 0 Å². The summed E-state index contributed by atoms with van der Waals surface area (Å²) < 4.78 is 5.56. The molecule has 4 rings (SSSR count). The predicted octanol–water partition coefficient (Wildman–Crippen LogP) is 5.84. The Morgan fingerprint density at radius 3 is 2.47 bits per heavy atom. The number of ketones is 3. The van der Waals surface area contributed by atoms with E-state index in [0.29, 0.717) is 34.8 Å². The van der Waals surface area contributed by atoms with E-state index >= 15 is 0 Å². The minimum Gasteiger partial charge on any atom is -0.496 e. The van der Waals surface area contributed by atoms with Gasteiger partial charge in [-0.3, -0.25) is 14.4 Å². The Morgan fingerprint density at radius 1 is 1.03 bits per heavy atom. The second-order valence-electron chi connectivity index (χ2n) is 9.18. The Morgan fingerprint density at radius 2 is 1.81 bits per heavy atom. The lowest BCUT2D eigenvalue weighted by molar-refractivity contribution is -0.133. The van der Waals surface area contributed by atoms with Crippen LogP contribution in [0.1, 0.15) is 79.8 Å². The van der Waals surface area contributed by atoms with E-state index in [1.807, 2.05) is 6.07 Å². The summed E-state index contributed by atoms with van der Waals surface area (Å²) in [6.07, 6.45) is 16.7. The van der Waals surface area contributed by atoms with Gasteiger partial charge in [0.05, 0.1) is 12.7 Å². The van der Waals surface area contributed by atoms with E-state index in [0.717, 1.165) is 50.5 Å². The van der Waals surface area contributed by atoms with Gasteiger partial charge in [0.2, 0.25) is 11.6 Å². The molecular weight excluding hydrogens is 400 g/mol. The summed E-state index contributed by atoms with van der Waals surface area (Å²) in [7, 11) is 1.58. The molecule has 0 spiro atoms.